The average Bonchev–Trinajstić information content (AvgIpc) is 2.72. The summed E-state index contributed by atoms with van der Waals surface area (Å²) >= 11 is 3.59. The summed E-state index contributed by atoms with van der Waals surface area (Å²) < 4.78 is 7.37. The first kappa shape index (κ1) is 19.5. The van der Waals surface area contributed by atoms with Crippen LogP contribution in [0.5, 0.6) is 0 Å². The number of fused-ring (bicyclic) bond motifs is 1. The second-order valence-electron chi connectivity index (χ2n) is 7.33. The van der Waals surface area contributed by atoms with Gasteiger partial charge in [0.25, 0.3) is 0 Å². The molecule has 4 rings (SSSR count). The van der Waals surface area contributed by atoms with Gasteiger partial charge in [-0.2, -0.15) is 0 Å². The van der Waals surface area contributed by atoms with E-state index in [1.54, 1.807) is 0 Å². The van der Waals surface area contributed by atoms with E-state index >= 15 is 0 Å². The Labute approximate surface area is 178 Å². The molecule has 0 aliphatic carbocycles. The zero-order valence-corrected chi connectivity index (χ0v) is 18.2. The molecule has 4 aromatic rings. The van der Waals surface area contributed by atoms with Gasteiger partial charge in [-0.25, -0.2) is 0 Å². The highest BCUT2D eigenvalue weighted by Gasteiger charge is 2.19. The van der Waals surface area contributed by atoms with Crippen molar-refractivity contribution in [2.45, 2.75) is 26.8 Å². The molecule has 4 heteroatoms. The monoisotopic (exact) mass is 447 g/mol. The summed E-state index contributed by atoms with van der Waals surface area (Å²) in [5.74, 6) is 0.626. The molecule has 1 aromatic heterocycles. The molecule has 1 heterocycles. The van der Waals surface area contributed by atoms with E-state index < -0.39 is 0 Å². The van der Waals surface area contributed by atoms with Crippen molar-refractivity contribution in [1.29, 1.82) is 0 Å². The van der Waals surface area contributed by atoms with Gasteiger partial charge in [-0.15, -0.1) is 0 Å². The first-order valence-electron chi connectivity index (χ1n) is 9.60. The fourth-order valence-electron chi connectivity index (χ4n) is 3.64. The van der Waals surface area contributed by atoms with Gasteiger partial charge in [0.15, 0.2) is 5.43 Å². The Morgan fingerprint density at radius 3 is 2.38 bits per heavy atom. The van der Waals surface area contributed by atoms with E-state index in [0.717, 1.165) is 26.9 Å². The topological polar surface area (TPSA) is 42.2 Å². The molecule has 146 valence electrons. The van der Waals surface area contributed by atoms with Crippen LogP contribution in [-0.2, 0) is 0 Å². The first-order valence-corrected chi connectivity index (χ1v) is 10.4. The molecule has 0 saturated heterocycles. The van der Waals surface area contributed by atoms with Gasteiger partial charge in [-0.05, 0) is 60.5 Å². The minimum Gasteiger partial charge on any atom is -0.455 e. The van der Waals surface area contributed by atoms with Gasteiger partial charge in [0.2, 0.25) is 0 Å². The SMILES string of the molecule is Cc1cc([C@@H](C)Nc2ccccc2Br)c2oc(-c3ccccc3)c(C)c(=O)c2c1. The lowest BCUT2D eigenvalue weighted by atomic mass is 9.99. The zero-order valence-electron chi connectivity index (χ0n) is 16.6. The lowest BCUT2D eigenvalue weighted by molar-refractivity contribution is 0.605. The Morgan fingerprint density at radius 2 is 1.66 bits per heavy atom. The van der Waals surface area contributed by atoms with E-state index in [0.29, 0.717) is 22.3 Å². The number of halogens is 1. The van der Waals surface area contributed by atoms with Crippen LogP contribution in [0.4, 0.5) is 5.69 Å². The molecule has 3 nitrogen and oxygen atoms in total. The van der Waals surface area contributed by atoms with Gasteiger partial charge < -0.3 is 9.73 Å². The molecule has 0 bridgehead atoms. The van der Waals surface area contributed by atoms with Gasteiger partial charge in [-0.3, -0.25) is 4.79 Å². The minimum atomic E-state index is -0.0504. The van der Waals surface area contributed by atoms with Crippen molar-refractivity contribution in [2.24, 2.45) is 0 Å². The molecule has 0 spiro atoms. The molecule has 0 radical (unpaired) electrons. The molecule has 0 aliphatic heterocycles. The van der Waals surface area contributed by atoms with E-state index in [9.17, 15) is 4.79 Å². The second kappa shape index (κ2) is 7.88. The maximum absolute atomic E-state index is 13.2. The Kier molecular flexibility index (Phi) is 5.29. The Balaban J connectivity index is 1.91. The predicted octanol–water partition coefficient (Wildman–Crippen LogP) is 7.01. The smallest absolute Gasteiger partial charge is 0.196 e. The fraction of sp³-hybridized carbons (Fsp3) is 0.160. The number of benzene rings is 3. The van der Waals surface area contributed by atoms with E-state index in [4.69, 9.17) is 4.42 Å². The van der Waals surface area contributed by atoms with Gasteiger partial charge in [-0.1, -0.05) is 48.5 Å². The maximum Gasteiger partial charge on any atom is 0.196 e. The highest BCUT2D eigenvalue weighted by molar-refractivity contribution is 9.10. The Morgan fingerprint density at radius 1 is 0.966 bits per heavy atom. The van der Waals surface area contributed by atoms with E-state index in [1.807, 2.05) is 74.5 Å². The molecule has 0 unspecified atom stereocenters. The van der Waals surface area contributed by atoms with E-state index in [2.05, 4.69) is 34.2 Å². The lowest BCUT2D eigenvalue weighted by Crippen LogP contribution is -2.12. The summed E-state index contributed by atoms with van der Waals surface area (Å²) in [6.45, 7) is 5.92. The quantitative estimate of drug-likeness (QED) is 0.365. The van der Waals surface area contributed by atoms with Crippen molar-refractivity contribution >= 4 is 32.6 Å². The highest BCUT2D eigenvalue weighted by atomic mass is 79.9. The lowest BCUT2D eigenvalue weighted by Gasteiger charge is -2.19. The highest BCUT2D eigenvalue weighted by Crippen LogP contribution is 2.33. The zero-order chi connectivity index (χ0) is 20.5. The number of para-hydroxylation sites is 1. The number of hydrogen-bond acceptors (Lipinski definition) is 3. The largest absolute Gasteiger partial charge is 0.455 e. The van der Waals surface area contributed by atoms with Crippen LogP contribution in [0, 0.1) is 13.8 Å². The van der Waals surface area contributed by atoms with Gasteiger partial charge in [0.1, 0.15) is 11.3 Å². The number of rotatable bonds is 4. The summed E-state index contributed by atoms with van der Waals surface area (Å²) in [6.07, 6.45) is 0. The normalized spacial score (nSPS) is 12.1. The van der Waals surface area contributed by atoms with Crippen LogP contribution in [0.2, 0.25) is 0 Å². The van der Waals surface area contributed by atoms with Crippen molar-refractivity contribution in [3.63, 3.8) is 0 Å². The van der Waals surface area contributed by atoms with Crippen molar-refractivity contribution in [3.8, 4) is 11.3 Å². The summed E-state index contributed by atoms with van der Waals surface area (Å²) in [5, 5.41) is 4.15. The maximum atomic E-state index is 13.2. The number of nitrogens with one attached hydrogen (secondary N) is 1. The van der Waals surface area contributed by atoms with Crippen molar-refractivity contribution in [2.75, 3.05) is 5.32 Å². The van der Waals surface area contributed by atoms with Crippen LogP contribution in [0.3, 0.4) is 0 Å². The van der Waals surface area contributed by atoms with Crippen LogP contribution in [0.1, 0.15) is 29.7 Å². The third kappa shape index (κ3) is 3.73. The molecule has 1 atom stereocenters. The van der Waals surface area contributed by atoms with Crippen molar-refractivity contribution in [3.05, 3.63) is 98.1 Å². The molecule has 29 heavy (non-hydrogen) atoms. The molecular formula is C25H22BrNO2. The number of anilines is 1. The fourth-order valence-corrected chi connectivity index (χ4v) is 4.04. The number of aryl methyl sites for hydroxylation is 1. The van der Waals surface area contributed by atoms with Gasteiger partial charge in [0.05, 0.1) is 11.4 Å². The molecular weight excluding hydrogens is 426 g/mol. The molecule has 1 N–H and O–H groups in total. The Hall–Kier alpha value is -2.85. The minimum absolute atomic E-state index is 0.0168. The summed E-state index contributed by atoms with van der Waals surface area (Å²) in [4.78, 5) is 13.2. The van der Waals surface area contributed by atoms with Crippen LogP contribution in [0.25, 0.3) is 22.3 Å². The van der Waals surface area contributed by atoms with Crippen LogP contribution in [-0.4, -0.2) is 0 Å². The first-order chi connectivity index (χ1) is 14.0. The third-order valence-corrected chi connectivity index (χ3v) is 5.83. The van der Waals surface area contributed by atoms with Crippen LogP contribution >= 0.6 is 15.9 Å². The second-order valence-corrected chi connectivity index (χ2v) is 8.18. The molecule has 0 saturated carbocycles. The van der Waals surface area contributed by atoms with Crippen molar-refractivity contribution < 1.29 is 4.42 Å². The van der Waals surface area contributed by atoms with Crippen LogP contribution in [0.15, 0.2) is 80.4 Å². The summed E-state index contributed by atoms with van der Waals surface area (Å²) in [6, 6.07) is 21.7. The molecule has 0 amide bonds. The Bertz CT molecular complexity index is 1250. The standard InChI is InChI=1S/C25H22BrNO2/c1-15-13-19(17(3)27-22-12-8-7-11-21(22)26)25-20(14-15)23(28)16(2)24(29-25)18-9-5-4-6-10-18/h4-14,17,27H,1-3H3/t17-/m1/s1. The average molecular weight is 448 g/mol. The number of hydrogen-bond donors (Lipinski definition) is 1. The van der Waals surface area contributed by atoms with E-state index in [1.165, 1.54) is 0 Å². The third-order valence-electron chi connectivity index (χ3n) is 5.14. The summed E-state index contributed by atoms with van der Waals surface area (Å²) in [5.41, 5.74) is 5.18. The van der Waals surface area contributed by atoms with Gasteiger partial charge in [0, 0.05) is 26.9 Å². The van der Waals surface area contributed by atoms with Crippen molar-refractivity contribution in [1.82, 2.24) is 0 Å². The molecule has 0 aliphatic rings. The predicted molar refractivity (Wildman–Crippen MR) is 124 cm³/mol. The summed E-state index contributed by atoms with van der Waals surface area (Å²) in [7, 11) is 0. The molecule has 3 aromatic carbocycles. The van der Waals surface area contributed by atoms with E-state index in [-0.39, 0.29) is 11.5 Å². The van der Waals surface area contributed by atoms with Gasteiger partial charge >= 0.3 is 0 Å². The van der Waals surface area contributed by atoms with Crippen LogP contribution < -0.4 is 10.7 Å². The molecule has 0 fully saturated rings.